The fraction of sp³-hybridized carbons (Fsp3) is 0.889. The summed E-state index contributed by atoms with van der Waals surface area (Å²) in [4.78, 5) is 15.2. The summed E-state index contributed by atoms with van der Waals surface area (Å²) in [6, 6.07) is 0.145. The number of hydrogen-bond donors (Lipinski definition) is 1. The Labute approximate surface area is 79.7 Å². The van der Waals surface area contributed by atoms with Crippen LogP contribution in [0.4, 0.5) is 4.79 Å². The molecule has 1 aliphatic rings. The van der Waals surface area contributed by atoms with Gasteiger partial charge in [-0.2, -0.15) is 0 Å². The first-order valence-corrected chi connectivity index (χ1v) is 4.85. The van der Waals surface area contributed by atoms with Crippen LogP contribution in [0.3, 0.4) is 0 Å². The molecule has 1 rings (SSSR count). The Morgan fingerprint density at radius 2 is 2.23 bits per heavy atom. The molecule has 2 amide bonds. The molecule has 1 heterocycles. The van der Waals surface area contributed by atoms with Crippen LogP contribution < -0.4 is 5.73 Å². The highest BCUT2D eigenvalue weighted by Gasteiger charge is 2.23. The lowest BCUT2D eigenvalue weighted by Gasteiger charge is -2.34. The molecule has 1 saturated heterocycles. The summed E-state index contributed by atoms with van der Waals surface area (Å²) < 4.78 is 0. The molecular formula is C9H19N3O. The topological polar surface area (TPSA) is 49.6 Å². The third-order valence-electron chi connectivity index (χ3n) is 2.45. The number of nitrogens with zero attached hydrogens (tertiary/aromatic N) is 2. The van der Waals surface area contributed by atoms with Crippen LogP contribution in [0.15, 0.2) is 0 Å². The zero-order chi connectivity index (χ0) is 9.84. The predicted molar refractivity (Wildman–Crippen MR) is 52.4 cm³/mol. The van der Waals surface area contributed by atoms with Gasteiger partial charge in [0.15, 0.2) is 0 Å². The first-order valence-electron chi connectivity index (χ1n) is 4.85. The maximum atomic E-state index is 11.6. The maximum Gasteiger partial charge on any atom is 0.319 e. The average molecular weight is 185 g/mol. The van der Waals surface area contributed by atoms with Crippen molar-refractivity contribution in [3.05, 3.63) is 0 Å². The van der Waals surface area contributed by atoms with Crippen molar-refractivity contribution >= 4 is 6.03 Å². The number of urea groups is 1. The van der Waals surface area contributed by atoms with E-state index in [2.05, 4.69) is 6.92 Å². The van der Waals surface area contributed by atoms with E-state index in [1.807, 2.05) is 11.9 Å². The second kappa shape index (κ2) is 4.46. The molecular weight excluding hydrogens is 166 g/mol. The third kappa shape index (κ3) is 2.59. The molecule has 0 aromatic heterocycles. The number of rotatable bonds is 3. The molecule has 1 aliphatic heterocycles. The highest BCUT2D eigenvalue weighted by Crippen LogP contribution is 2.09. The molecule has 4 heteroatoms. The van der Waals surface area contributed by atoms with Gasteiger partial charge in [-0.15, -0.1) is 0 Å². The fourth-order valence-electron chi connectivity index (χ4n) is 1.55. The van der Waals surface area contributed by atoms with Crippen LogP contribution in [0.2, 0.25) is 0 Å². The summed E-state index contributed by atoms with van der Waals surface area (Å²) in [6.45, 7) is 5.27. The van der Waals surface area contributed by atoms with Crippen molar-refractivity contribution in [3.8, 4) is 0 Å². The first-order chi connectivity index (χ1) is 6.15. The lowest BCUT2D eigenvalue weighted by Crippen LogP contribution is -2.49. The number of carbonyl (C=O) groups excluding carboxylic acids is 1. The largest absolute Gasteiger partial charge is 0.330 e. The lowest BCUT2D eigenvalue weighted by molar-refractivity contribution is 0.134. The van der Waals surface area contributed by atoms with E-state index in [9.17, 15) is 4.79 Å². The van der Waals surface area contributed by atoms with Crippen molar-refractivity contribution in [2.75, 3.05) is 33.2 Å². The molecule has 0 aromatic carbocycles. The summed E-state index contributed by atoms with van der Waals surface area (Å²) in [5.74, 6) is 0.399. The molecule has 0 spiro atoms. The van der Waals surface area contributed by atoms with E-state index in [-0.39, 0.29) is 6.03 Å². The summed E-state index contributed by atoms with van der Waals surface area (Å²) >= 11 is 0. The quantitative estimate of drug-likeness (QED) is 0.689. The standard InChI is InChI=1S/C9H19N3O/c1-8(6-10)7-12-5-3-4-11(2)9(12)13/h8H,3-7,10H2,1-2H3. The number of nitrogens with two attached hydrogens (primary N) is 1. The number of amides is 2. The third-order valence-corrected chi connectivity index (χ3v) is 2.45. The Morgan fingerprint density at radius 3 is 2.85 bits per heavy atom. The van der Waals surface area contributed by atoms with E-state index in [0.29, 0.717) is 12.5 Å². The van der Waals surface area contributed by atoms with Crippen LogP contribution >= 0.6 is 0 Å². The van der Waals surface area contributed by atoms with Gasteiger partial charge in [-0.3, -0.25) is 0 Å². The summed E-state index contributed by atoms with van der Waals surface area (Å²) in [5, 5.41) is 0. The highest BCUT2D eigenvalue weighted by molar-refractivity contribution is 5.74. The van der Waals surface area contributed by atoms with Crippen molar-refractivity contribution in [3.63, 3.8) is 0 Å². The molecule has 0 bridgehead atoms. The van der Waals surface area contributed by atoms with Crippen LogP contribution in [0.25, 0.3) is 0 Å². The van der Waals surface area contributed by atoms with E-state index < -0.39 is 0 Å². The molecule has 1 unspecified atom stereocenters. The van der Waals surface area contributed by atoms with Gasteiger partial charge in [0.2, 0.25) is 0 Å². The van der Waals surface area contributed by atoms with Gasteiger partial charge in [0.1, 0.15) is 0 Å². The van der Waals surface area contributed by atoms with E-state index in [1.165, 1.54) is 0 Å². The van der Waals surface area contributed by atoms with Crippen LogP contribution in [-0.4, -0.2) is 49.1 Å². The van der Waals surface area contributed by atoms with Gasteiger partial charge in [-0.05, 0) is 18.9 Å². The Morgan fingerprint density at radius 1 is 1.54 bits per heavy atom. The van der Waals surface area contributed by atoms with Crippen molar-refractivity contribution in [2.45, 2.75) is 13.3 Å². The molecule has 0 aliphatic carbocycles. The minimum Gasteiger partial charge on any atom is -0.330 e. The second-order valence-electron chi connectivity index (χ2n) is 3.84. The van der Waals surface area contributed by atoms with Gasteiger partial charge in [0, 0.05) is 26.7 Å². The van der Waals surface area contributed by atoms with Crippen LogP contribution in [-0.2, 0) is 0 Å². The molecule has 0 radical (unpaired) electrons. The SMILES string of the molecule is CC(CN)CN1CCCN(C)C1=O. The normalized spacial score (nSPS) is 20.7. The smallest absolute Gasteiger partial charge is 0.319 e. The lowest BCUT2D eigenvalue weighted by atomic mass is 10.1. The summed E-state index contributed by atoms with van der Waals surface area (Å²) in [5.41, 5.74) is 5.52. The molecule has 1 atom stereocenters. The highest BCUT2D eigenvalue weighted by atomic mass is 16.2. The molecule has 0 aromatic rings. The van der Waals surface area contributed by atoms with Crippen molar-refractivity contribution in [1.82, 2.24) is 9.80 Å². The molecule has 1 fully saturated rings. The monoisotopic (exact) mass is 185 g/mol. The Balaban J connectivity index is 2.44. The predicted octanol–water partition coefficient (Wildman–Crippen LogP) is 0.339. The van der Waals surface area contributed by atoms with Gasteiger partial charge in [-0.25, -0.2) is 4.79 Å². The van der Waals surface area contributed by atoms with Gasteiger partial charge in [0.05, 0.1) is 0 Å². The first kappa shape index (κ1) is 10.3. The van der Waals surface area contributed by atoms with Gasteiger partial charge < -0.3 is 15.5 Å². The van der Waals surface area contributed by atoms with Gasteiger partial charge in [0.25, 0.3) is 0 Å². The Bertz CT molecular complexity index is 184. The summed E-state index contributed by atoms with van der Waals surface area (Å²) in [7, 11) is 1.85. The minimum absolute atomic E-state index is 0.145. The van der Waals surface area contributed by atoms with Gasteiger partial charge >= 0.3 is 6.03 Å². The minimum atomic E-state index is 0.145. The van der Waals surface area contributed by atoms with Crippen molar-refractivity contribution < 1.29 is 4.79 Å². The van der Waals surface area contributed by atoms with Crippen molar-refractivity contribution in [1.29, 1.82) is 0 Å². The zero-order valence-electron chi connectivity index (χ0n) is 8.49. The molecule has 13 heavy (non-hydrogen) atoms. The maximum absolute atomic E-state index is 11.6. The Hall–Kier alpha value is -0.770. The number of hydrogen-bond acceptors (Lipinski definition) is 2. The second-order valence-corrected chi connectivity index (χ2v) is 3.84. The van der Waals surface area contributed by atoms with Crippen LogP contribution in [0, 0.1) is 5.92 Å². The van der Waals surface area contributed by atoms with Gasteiger partial charge in [-0.1, -0.05) is 6.92 Å². The Kier molecular flexibility index (Phi) is 3.54. The number of carbonyl (C=O) groups is 1. The molecule has 2 N–H and O–H groups in total. The average Bonchev–Trinajstić information content (AvgIpc) is 2.13. The van der Waals surface area contributed by atoms with Crippen LogP contribution in [0.5, 0.6) is 0 Å². The fourth-order valence-corrected chi connectivity index (χ4v) is 1.55. The van der Waals surface area contributed by atoms with E-state index in [0.717, 1.165) is 26.1 Å². The van der Waals surface area contributed by atoms with E-state index >= 15 is 0 Å². The molecule has 76 valence electrons. The van der Waals surface area contributed by atoms with Crippen molar-refractivity contribution in [2.24, 2.45) is 11.7 Å². The van der Waals surface area contributed by atoms with E-state index in [1.54, 1.807) is 4.90 Å². The molecule has 4 nitrogen and oxygen atoms in total. The van der Waals surface area contributed by atoms with E-state index in [4.69, 9.17) is 5.73 Å². The van der Waals surface area contributed by atoms with Crippen LogP contribution in [0.1, 0.15) is 13.3 Å². The molecule has 0 saturated carbocycles. The zero-order valence-corrected chi connectivity index (χ0v) is 8.49. The summed E-state index contributed by atoms with van der Waals surface area (Å²) in [6.07, 6.45) is 1.07.